The van der Waals surface area contributed by atoms with Crippen LogP contribution in [0.25, 0.3) is 0 Å². The molecule has 0 amide bonds. The van der Waals surface area contributed by atoms with Crippen molar-refractivity contribution in [2.75, 3.05) is 14.1 Å². The van der Waals surface area contributed by atoms with E-state index in [9.17, 15) is 0 Å². The van der Waals surface area contributed by atoms with Gasteiger partial charge in [0, 0.05) is 21.0 Å². The van der Waals surface area contributed by atoms with Crippen LogP contribution in [0.4, 0.5) is 0 Å². The number of hydrazone groups is 1. The van der Waals surface area contributed by atoms with Crippen molar-refractivity contribution < 1.29 is 4.84 Å². The van der Waals surface area contributed by atoms with Gasteiger partial charge in [-0.15, -0.1) is 5.10 Å². The molecule has 0 unspecified atom stereocenters. The third kappa shape index (κ3) is 3.42. The molecule has 0 aliphatic carbocycles. The van der Waals surface area contributed by atoms with Gasteiger partial charge in [-0.1, -0.05) is 0 Å². The van der Waals surface area contributed by atoms with Crippen LogP contribution in [0.2, 0.25) is 0 Å². The second-order valence-corrected chi connectivity index (χ2v) is 1.16. The fourth-order valence-corrected chi connectivity index (χ4v) is 0.328. The summed E-state index contributed by atoms with van der Waals surface area (Å²) < 4.78 is 0. The average Bonchev–Trinajstić information content (AvgIpc) is 1.68. The minimum absolute atomic E-state index is 0.565. The van der Waals surface area contributed by atoms with Crippen molar-refractivity contribution >= 4 is 5.90 Å². The second-order valence-electron chi connectivity index (χ2n) is 1.16. The molecule has 2 N–H and O–H groups in total. The lowest BCUT2D eigenvalue weighted by atomic mass is 10.8. The van der Waals surface area contributed by atoms with Crippen LogP contribution >= 0.6 is 0 Å². The van der Waals surface area contributed by atoms with Gasteiger partial charge in [-0.25, -0.2) is 0 Å². The highest BCUT2D eigenvalue weighted by atomic mass is 16.7. The van der Waals surface area contributed by atoms with Gasteiger partial charge in [-0.05, 0) is 0 Å². The van der Waals surface area contributed by atoms with E-state index in [0.717, 1.165) is 0 Å². The number of nitrogens with one attached hydrogen (secondary N) is 2. The number of nitrogens with zero attached hydrogens (tertiary/aromatic N) is 1. The molecule has 0 aliphatic rings. The Kier molecular flexibility index (Phi) is 3.97. The van der Waals surface area contributed by atoms with Crippen LogP contribution in [-0.2, 0) is 4.84 Å². The normalized spacial score (nSPS) is 11.1. The molecule has 8 heavy (non-hydrogen) atoms. The van der Waals surface area contributed by atoms with Crippen molar-refractivity contribution in [3.8, 4) is 0 Å². The molecule has 0 spiro atoms. The molecule has 0 aromatic rings. The molecule has 0 bridgehead atoms. The summed E-state index contributed by atoms with van der Waals surface area (Å²) in [5.74, 6) is 0.565. The van der Waals surface area contributed by atoms with E-state index in [2.05, 4.69) is 16.0 Å². The zero-order valence-electron chi connectivity index (χ0n) is 5.36. The Balaban J connectivity index is 3.29. The Morgan fingerprint density at radius 1 is 1.50 bits per heavy atom. The van der Waals surface area contributed by atoms with Gasteiger partial charge in [0.25, 0.3) is 0 Å². The van der Waals surface area contributed by atoms with E-state index in [4.69, 9.17) is 4.84 Å². The second kappa shape index (κ2) is 4.39. The molecule has 0 aliphatic heterocycles. The smallest absolute Gasteiger partial charge is 0.227 e. The van der Waals surface area contributed by atoms with Gasteiger partial charge in [0.2, 0.25) is 5.90 Å². The Morgan fingerprint density at radius 2 is 2.12 bits per heavy atom. The summed E-state index contributed by atoms with van der Waals surface area (Å²) in [4.78, 5) is 4.72. The first-order chi connectivity index (χ1) is 3.81. The van der Waals surface area contributed by atoms with Gasteiger partial charge >= 0.3 is 0 Å². The molecular weight excluding hydrogens is 106 g/mol. The fourth-order valence-electron chi connectivity index (χ4n) is 0.328. The molecule has 48 valence electrons. The molecule has 4 nitrogen and oxygen atoms in total. The zero-order valence-corrected chi connectivity index (χ0v) is 5.36. The fraction of sp³-hybridized carbons (Fsp3) is 0.750. The van der Waals surface area contributed by atoms with Crippen molar-refractivity contribution in [1.29, 1.82) is 0 Å². The molecule has 0 saturated carbocycles. The first-order valence-corrected chi connectivity index (χ1v) is 2.36. The van der Waals surface area contributed by atoms with Gasteiger partial charge in [0.1, 0.15) is 0 Å². The highest BCUT2D eigenvalue weighted by Gasteiger charge is 1.82. The zero-order chi connectivity index (χ0) is 6.41. The van der Waals surface area contributed by atoms with Crippen LogP contribution in [0, 0.1) is 0 Å². The SMILES string of the molecule is CN/N=C(\C)ONC. The largest absolute Gasteiger partial charge is 0.392 e. The first kappa shape index (κ1) is 7.23. The van der Waals surface area contributed by atoms with Crippen molar-refractivity contribution in [2.45, 2.75) is 6.92 Å². The van der Waals surface area contributed by atoms with E-state index in [-0.39, 0.29) is 0 Å². The first-order valence-electron chi connectivity index (χ1n) is 2.36. The molecule has 0 fully saturated rings. The van der Waals surface area contributed by atoms with Gasteiger partial charge in [-0.3, -0.25) is 0 Å². The third-order valence-corrected chi connectivity index (χ3v) is 0.519. The number of hydroxylamine groups is 1. The van der Waals surface area contributed by atoms with Crippen LogP contribution in [0.1, 0.15) is 6.92 Å². The van der Waals surface area contributed by atoms with Gasteiger partial charge in [-0.2, -0.15) is 5.48 Å². The molecule has 0 aromatic carbocycles. The maximum absolute atomic E-state index is 4.72. The molecule has 0 radical (unpaired) electrons. The highest BCUT2D eigenvalue weighted by Crippen LogP contribution is 1.70. The van der Waals surface area contributed by atoms with E-state index in [1.54, 1.807) is 21.0 Å². The van der Waals surface area contributed by atoms with Crippen LogP contribution in [0.3, 0.4) is 0 Å². The maximum atomic E-state index is 4.72. The van der Waals surface area contributed by atoms with Crippen molar-refractivity contribution in [1.82, 2.24) is 10.9 Å². The summed E-state index contributed by atoms with van der Waals surface area (Å²) >= 11 is 0. The highest BCUT2D eigenvalue weighted by molar-refractivity contribution is 5.72. The topological polar surface area (TPSA) is 45.7 Å². The Hall–Kier alpha value is -0.770. The Labute approximate surface area is 48.9 Å². The lowest BCUT2D eigenvalue weighted by molar-refractivity contribution is 0.205. The number of rotatable bonds is 2. The maximum Gasteiger partial charge on any atom is 0.227 e. The minimum atomic E-state index is 0.565. The summed E-state index contributed by atoms with van der Waals surface area (Å²) in [7, 11) is 3.39. The van der Waals surface area contributed by atoms with E-state index >= 15 is 0 Å². The van der Waals surface area contributed by atoms with Crippen molar-refractivity contribution in [3.63, 3.8) is 0 Å². The monoisotopic (exact) mass is 117 g/mol. The molecule has 0 heterocycles. The molecular formula is C4H11N3O. The van der Waals surface area contributed by atoms with Gasteiger partial charge < -0.3 is 10.3 Å². The van der Waals surface area contributed by atoms with Crippen LogP contribution < -0.4 is 10.9 Å². The predicted molar refractivity (Wildman–Crippen MR) is 32.3 cm³/mol. The van der Waals surface area contributed by atoms with E-state index in [0.29, 0.717) is 5.90 Å². The van der Waals surface area contributed by atoms with Gasteiger partial charge in [0.05, 0.1) is 0 Å². The molecule has 0 atom stereocenters. The van der Waals surface area contributed by atoms with Crippen molar-refractivity contribution in [3.05, 3.63) is 0 Å². The Bertz CT molecular complexity index is 81.4. The summed E-state index contributed by atoms with van der Waals surface area (Å²) in [5, 5.41) is 3.70. The molecule has 0 aromatic heterocycles. The summed E-state index contributed by atoms with van der Waals surface area (Å²) in [6, 6.07) is 0. The predicted octanol–water partition coefficient (Wildman–Crippen LogP) is -0.310. The minimum Gasteiger partial charge on any atom is -0.392 e. The number of hydrogen-bond donors (Lipinski definition) is 2. The van der Waals surface area contributed by atoms with Crippen LogP contribution in [-0.4, -0.2) is 20.0 Å². The standard InChI is InChI=1S/C4H11N3O/c1-4(7-5-2)8-6-3/h5-6H,1-3H3/b7-4+. The molecule has 4 heteroatoms. The van der Waals surface area contributed by atoms with Crippen LogP contribution in [0.15, 0.2) is 5.10 Å². The molecule has 0 rings (SSSR count). The summed E-state index contributed by atoms with van der Waals surface area (Å²) in [5.41, 5.74) is 5.06. The van der Waals surface area contributed by atoms with Crippen molar-refractivity contribution in [2.24, 2.45) is 5.10 Å². The molecule has 0 saturated heterocycles. The lowest BCUT2D eigenvalue weighted by Gasteiger charge is -1.98. The van der Waals surface area contributed by atoms with E-state index in [1.165, 1.54) is 0 Å². The van der Waals surface area contributed by atoms with E-state index < -0.39 is 0 Å². The van der Waals surface area contributed by atoms with Gasteiger partial charge in [0.15, 0.2) is 0 Å². The Morgan fingerprint density at radius 3 is 2.50 bits per heavy atom. The van der Waals surface area contributed by atoms with Crippen LogP contribution in [0.5, 0.6) is 0 Å². The summed E-state index contributed by atoms with van der Waals surface area (Å²) in [6.45, 7) is 1.74. The van der Waals surface area contributed by atoms with E-state index in [1.807, 2.05) is 0 Å². The quantitative estimate of drug-likeness (QED) is 0.296. The average molecular weight is 117 g/mol. The lowest BCUT2D eigenvalue weighted by Crippen LogP contribution is -2.14. The number of hydrogen-bond acceptors (Lipinski definition) is 4. The third-order valence-electron chi connectivity index (χ3n) is 0.519. The summed E-state index contributed by atoms with van der Waals surface area (Å²) in [6.07, 6.45) is 0.